The second kappa shape index (κ2) is 4.61. The lowest BCUT2D eigenvalue weighted by Crippen LogP contribution is -2.28. The minimum Gasteiger partial charge on any atom is -0.465 e. The lowest BCUT2D eigenvalue weighted by Gasteiger charge is -2.20. The van der Waals surface area contributed by atoms with E-state index < -0.39 is 12.0 Å². The lowest BCUT2D eigenvalue weighted by molar-refractivity contribution is -0.154. The van der Waals surface area contributed by atoms with Gasteiger partial charge < -0.3 is 9.84 Å². The number of aliphatic hydroxyl groups is 1. The molecule has 0 saturated heterocycles. The Kier molecular flexibility index (Phi) is 4.40. The fraction of sp³-hybridized carbons (Fsp3) is 0.900. The van der Waals surface area contributed by atoms with Gasteiger partial charge in [-0.15, -0.1) is 0 Å². The highest BCUT2D eigenvalue weighted by Gasteiger charge is 2.21. The van der Waals surface area contributed by atoms with E-state index in [1.165, 1.54) is 0 Å². The monoisotopic (exact) mass is 188 g/mol. The Morgan fingerprint density at radius 1 is 1.38 bits per heavy atom. The van der Waals surface area contributed by atoms with Crippen molar-refractivity contribution in [3.63, 3.8) is 0 Å². The van der Waals surface area contributed by atoms with E-state index in [1.54, 1.807) is 13.8 Å². The summed E-state index contributed by atoms with van der Waals surface area (Å²) >= 11 is 0. The van der Waals surface area contributed by atoms with Crippen molar-refractivity contribution >= 4 is 5.97 Å². The van der Waals surface area contributed by atoms with Gasteiger partial charge in [-0.25, -0.2) is 0 Å². The van der Waals surface area contributed by atoms with Gasteiger partial charge in [0.1, 0.15) is 0 Å². The summed E-state index contributed by atoms with van der Waals surface area (Å²) in [5.74, 6) is -0.771. The first-order valence-corrected chi connectivity index (χ1v) is 4.59. The van der Waals surface area contributed by atoms with E-state index in [1.807, 2.05) is 20.8 Å². The third-order valence-electron chi connectivity index (χ3n) is 1.74. The summed E-state index contributed by atoms with van der Waals surface area (Å²) in [5.41, 5.74) is -0.0198. The molecule has 3 heteroatoms. The van der Waals surface area contributed by atoms with Crippen LogP contribution < -0.4 is 0 Å². The molecule has 2 atom stereocenters. The molecule has 0 saturated carbocycles. The fourth-order valence-corrected chi connectivity index (χ4v) is 0.616. The molecule has 0 spiro atoms. The summed E-state index contributed by atoms with van der Waals surface area (Å²) in [6.45, 7) is 9.62. The average molecular weight is 188 g/mol. The van der Waals surface area contributed by atoms with E-state index in [-0.39, 0.29) is 11.4 Å². The van der Waals surface area contributed by atoms with Crippen LogP contribution in [0, 0.1) is 11.3 Å². The van der Waals surface area contributed by atoms with Crippen molar-refractivity contribution < 1.29 is 14.6 Å². The maximum atomic E-state index is 11.2. The van der Waals surface area contributed by atoms with E-state index in [4.69, 9.17) is 9.84 Å². The van der Waals surface area contributed by atoms with Gasteiger partial charge in [-0.1, -0.05) is 20.8 Å². The van der Waals surface area contributed by atoms with Gasteiger partial charge in [0.05, 0.1) is 18.6 Å². The molecule has 0 aliphatic carbocycles. The zero-order valence-electron chi connectivity index (χ0n) is 9.13. The number of carbonyl (C=O) groups is 1. The van der Waals surface area contributed by atoms with Crippen LogP contribution in [0.2, 0.25) is 0 Å². The Bertz CT molecular complexity index is 167. The normalized spacial score (nSPS) is 16.5. The van der Waals surface area contributed by atoms with E-state index in [2.05, 4.69) is 0 Å². The predicted molar refractivity (Wildman–Crippen MR) is 51.3 cm³/mol. The summed E-state index contributed by atoms with van der Waals surface area (Å²) in [5, 5.41) is 9.12. The Balaban J connectivity index is 3.89. The van der Waals surface area contributed by atoms with Crippen molar-refractivity contribution in [3.8, 4) is 0 Å². The van der Waals surface area contributed by atoms with Crippen LogP contribution in [-0.2, 0) is 9.53 Å². The van der Waals surface area contributed by atoms with E-state index in [9.17, 15) is 4.79 Å². The molecule has 0 aromatic heterocycles. The van der Waals surface area contributed by atoms with Gasteiger partial charge in [0, 0.05) is 0 Å². The minimum atomic E-state index is -0.646. The van der Waals surface area contributed by atoms with Crippen LogP contribution in [0.15, 0.2) is 0 Å². The molecular formula is C10H20O3. The van der Waals surface area contributed by atoms with Gasteiger partial charge in [-0.3, -0.25) is 4.79 Å². The minimum absolute atomic E-state index is 0.0198. The van der Waals surface area contributed by atoms with E-state index >= 15 is 0 Å². The van der Waals surface area contributed by atoms with E-state index in [0.717, 1.165) is 0 Å². The van der Waals surface area contributed by atoms with Crippen LogP contribution in [0.25, 0.3) is 0 Å². The van der Waals surface area contributed by atoms with Crippen molar-refractivity contribution in [1.82, 2.24) is 0 Å². The summed E-state index contributed by atoms with van der Waals surface area (Å²) < 4.78 is 5.03. The number of rotatable bonds is 3. The first-order chi connectivity index (χ1) is 5.74. The Morgan fingerprint density at radius 3 is 2.15 bits per heavy atom. The Hall–Kier alpha value is -0.570. The molecule has 13 heavy (non-hydrogen) atoms. The molecule has 0 heterocycles. The Labute approximate surface area is 80.1 Å². The molecule has 0 bridgehead atoms. The molecule has 0 unspecified atom stereocenters. The van der Waals surface area contributed by atoms with Crippen molar-refractivity contribution in [2.45, 2.75) is 40.7 Å². The summed E-state index contributed by atoms with van der Waals surface area (Å²) in [6, 6.07) is 0. The number of aliphatic hydroxyl groups excluding tert-OH is 1. The number of ether oxygens (including phenoxy) is 1. The van der Waals surface area contributed by atoms with E-state index in [0.29, 0.717) is 6.61 Å². The highest BCUT2D eigenvalue weighted by molar-refractivity contribution is 5.72. The highest BCUT2D eigenvalue weighted by Crippen LogP contribution is 2.14. The average Bonchev–Trinajstić information content (AvgIpc) is 1.97. The first kappa shape index (κ1) is 12.4. The second-order valence-corrected chi connectivity index (χ2v) is 4.70. The third kappa shape index (κ3) is 5.64. The van der Waals surface area contributed by atoms with Crippen LogP contribution in [0.1, 0.15) is 34.6 Å². The highest BCUT2D eigenvalue weighted by atomic mass is 16.5. The molecule has 0 aliphatic rings. The predicted octanol–water partition coefficient (Wildman–Crippen LogP) is 1.59. The maximum Gasteiger partial charge on any atom is 0.311 e. The molecule has 0 radical (unpaired) electrons. The Morgan fingerprint density at radius 2 is 1.85 bits per heavy atom. The maximum absolute atomic E-state index is 11.2. The molecule has 78 valence electrons. The standard InChI is InChI=1S/C10H20O3/c1-7(8(2)11)9(12)13-6-10(3,4)5/h7-8,11H,6H2,1-5H3/t7-,8-/m0/s1. The van der Waals surface area contributed by atoms with Crippen LogP contribution in [0.3, 0.4) is 0 Å². The molecule has 0 rings (SSSR count). The van der Waals surface area contributed by atoms with Gasteiger partial charge in [0.25, 0.3) is 0 Å². The molecule has 0 aromatic carbocycles. The van der Waals surface area contributed by atoms with Gasteiger partial charge in [-0.2, -0.15) is 0 Å². The van der Waals surface area contributed by atoms with Crippen LogP contribution >= 0.6 is 0 Å². The zero-order chi connectivity index (χ0) is 10.6. The SMILES string of the molecule is C[C@H](O)[C@H](C)C(=O)OCC(C)(C)C. The van der Waals surface area contributed by atoms with Crippen LogP contribution in [0.5, 0.6) is 0 Å². The van der Waals surface area contributed by atoms with Crippen LogP contribution in [-0.4, -0.2) is 23.8 Å². The first-order valence-electron chi connectivity index (χ1n) is 4.59. The summed E-state index contributed by atoms with van der Waals surface area (Å²) in [6.07, 6.45) is -0.646. The van der Waals surface area contributed by atoms with Crippen LogP contribution in [0.4, 0.5) is 0 Å². The summed E-state index contributed by atoms with van der Waals surface area (Å²) in [7, 11) is 0. The molecule has 0 fully saturated rings. The molecule has 1 N–H and O–H groups in total. The van der Waals surface area contributed by atoms with Crippen molar-refractivity contribution in [2.75, 3.05) is 6.61 Å². The topological polar surface area (TPSA) is 46.5 Å². The van der Waals surface area contributed by atoms with Crippen molar-refractivity contribution in [1.29, 1.82) is 0 Å². The summed E-state index contributed by atoms with van der Waals surface area (Å²) in [4.78, 5) is 11.2. The van der Waals surface area contributed by atoms with Crippen molar-refractivity contribution in [2.24, 2.45) is 11.3 Å². The van der Waals surface area contributed by atoms with Crippen molar-refractivity contribution in [3.05, 3.63) is 0 Å². The molecule has 0 aliphatic heterocycles. The van der Waals surface area contributed by atoms with Gasteiger partial charge in [-0.05, 0) is 19.3 Å². The second-order valence-electron chi connectivity index (χ2n) is 4.70. The molecule has 3 nitrogen and oxygen atoms in total. The smallest absolute Gasteiger partial charge is 0.311 e. The van der Waals surface area contributed by atoms with Gasteiger partial charge >= 0.3 is 5.97 Å². The quantitative estimate of drug-likeness (QED) is 0.684. The largest absolute Gasteiger partial charge is 0.465 e. The number of hydrogen-bond acceptors (Lipinski definition) is 3. The number of carbonyl (C=O) groups excluding carboxylic acids is 1. The number of hydrogen-bond donors (Lipinski definition) is 1. The molecular weight excluding hydrogens is 168 g/mol. The third-order valence-corrected chi connectivity index (χ3v) is 1.74. The van der Waals surface area contributed by atoms with Gasteiger partial charge in [0.15, 0.2) is 0 Å². The number of esters is 1. The molecule has 0 amide bonds. The van der Waals surface area contributed by atoms with Gasteiger partial charge in [0.2, 0.25) is 0 Å². The zero-order valence-corrected chi connectivity index (χ0v) is 9.13. The fourth-order valence-electron chi connectivity index (χ4n) is 0.616. The molecule has 0 aromatic rings. The lowest BCUT2D eigenvalue weighted by atomic mass is 9.98.